The van der Waals surface area contributed by atoms with E-state index >= 15 is 0 Å². The Hall–Kier alpha value is -2.37. The van der Waals surface area contributed by atoms with Crippen LogP contribution in [0.5, 0.6) is 5.88 Å². The first-order chi connectivity index (χ1) is 9.21. The summed E-state index contributed by atoms with van der Waals surface area (Å²) in [7, 11) is 1.59. The first-order valence-electron chi connectivity index (χ1n) is 6.17. The Morgan fingerprint density at radius 3 is 2.89 bits per heavy atom. The van der Waals surface area contributed by atoms with Crippen molar-refractivity contribution in [3.63, 3.8) is 0 Å². The van der Waals surface area contributed by atoms with E-state index in [1.54, 1.807) is 7.11 Å². The van der Waals surface area contributed by atoms with Gasteiger partial charge in [-0.3, -0.25) is 4.68 Å². The number of methoxy groups -OCH3 is 1. The van der Waals surface area contributed by atoms with E-state index in [-0.39, 0.29) is 0 Å². The van der Waals surface area contributed by atoms with Gasteiger partial charge in [-0.15, -0.1) is 0 Å². The molecule has 0 fully saturated rings. The molecule has 0 amide bonds. The van der Waals surface area contributed by atoms with Crippen molar-refractivity contribution >= 4 is 11.2 Å². The van der Waals surface area contributed by atoms with Crippen molar-refractivity contribution < 1.29 is 4.74 Å². The molecule has 0 aliphatic heterocycles. The van der Waals surface area contributed by atoms with Gasteiger partial charge in [0.2, 0.25) is 5.88 Å². The van der Waals surface area contributed by atoms with E-state index in [1.807, 2.05) is 29.8 Å². The van der Waals surface area contributed by atoms with E-state index in [9.17, 15) is 0 Å². The van der Waals surface area contributed by atoms with Gasteiger partial charge in [0.05, 0.1) is 18.3 Å². The highest BCUT2D eigenvalue weighted by atomic mass is 16.5. The van der Waals surface area contributed by atoms with Gasteiger partial charge in [-0.05, 0) is 26.0 Å². The average Bonchev–Trinajstić information content (AvgIpc) is 3.00. The number of aromatic amines is 1. The van der Waals surface area contributed by atoms with Crippen molar-refractivity contribution in [3.05, 3.63) is 23.9 Å². The van der Waals surface area contributed by atoms with E-state index in [2.05, 4.69) is 27.0 Å². The Labute approximate surface area is 110 Å². The Bertz CT molecular complexity index is 728. The SMILES string of the molecule is CCn1nc(C)cc1-c1nc2nc(OC)ccc2[nH]1. The Morgan fingerprint density at radius 2 is 2.16 bits per heavy atom. The van der Waals surface area contributed by atoms with Crippen LogP contribution in [0.25, 0.3) is 22.7 Å². The van der Waals surface area contributed by atoms with Gasteiger partial charge in [0.1, 0.15) is 5.69 Å². The summed E-state index contributed by atoms with van der Waals surface area (Å²) in [5.41, 5.74) is 3.48. The lowest BCUT2D eigenvalue weighted by atomic mass is 10.3. The number of aryl methyl sites for hydroxylation is 2. The summed E-state index contributed by atoms with van der Waals surface area (Å²) in [6, 6.07) is 5.74. The molecule has 3 heterocycles. The third-order valence-corrected chi connectivity index (χ3v) is 2.97. The standard InChI is InChI=1S/C13H15N5O/c1-4-18-10(7-8(2)17-18)13-14-9-5-6-11(19-3)15-12(9)16-13/h5-7H,4H2,1-3H3,(H,14,15,16). The molecular formula is C13H15N5O. The molecule has 19 heavy (non-hydrogen) atoms. The normalized spacial score (nSPS) is 11.1. The van der Waals surface area contributed by atoms with Crippen LogP contribution in [0, 0.1) is 6.92 Å². The molecule has 0 saturated heterocycles. The molecule has 0 radical (unpaired) electrons. The molecule has 6 nitrogen and oxygen atoms in total. The van der Waals surface area contributed by atoms with Crippen LogP contribution >= 0.6 is 0 Å². The molecule has 3 aromatic rings. The molecule has 0 bridgehead atoms. The topological polar surface area (TPSA) is 68.6 Å². The van der Waals surface area contributed by atoms with Gasteiger partial charge in [-0.1, -0.05) is 0 Å². The van der Waals surface area contributed by atoms with Crippen molar-refractivity contribution in [1.82, 2.24) is 24.7 Å². The molecule has 98 valence electrons. The second kappa shape index (κ2) is 4.38. The van der Waals surface area contributed by atoms with E-state index in [1.165, 1.54) is 0 Å². The molecule has 0 spiro atoms. The summed E-state index contributed by atoms with van der Waals surface area (Å²) < 4.78 is 7.02. The Balaban J connectivity index is 2.14. The van der Waals surface area contributed by atoms with Crippen molar-refractivity contribution in [2.45, 2.75) is 20.4 Å². The highest BCUT2D eigenvalue weighted by Gasteiger charge is 2.12. The average molecular weight is 257 g/mol. The van der Waals surface area contributed by atoms with Gasteiger partial charge in [0, 0.05) is 12.6 Å². The summed E-state index contributed by atoms with van der Waals surface area (Å²) in [5.74, 6) is 1.34. The first kappa shape index (κ1) is 11.7. The fraction of sp³-hybridized carbons (Fsp3) is 0.308. The number of nitrogens with zero attached hydrogens (tertiary/aromatic N) is 4. The van der Waals surface area contributed by atoms with Gasteiger partial charge in [0.25, 0.3) is 0 Å². The fourth-order valence-corrected chi connectivity index (χ4v) is 2.09. The molecule has 0 unspecified atom stereocenters. The number of ether oxygens (including phenoxy) is 1. The zero-order chi connectivity index (χ0) is 13.4. The molecule has 0 saturated carbocycles. The summed E-state index contributed by atoms with van der Waals surface area (Å²) in [6.07, 6.45) is 0. The summed E-state index contributed by atoms with van der Waals surface area (Å²) >= 11 is 0. The lowest BCUT2D eigenvalue weighted by Gasteiger charge is -1.99. The predicted octanol–water partition coefficient (Wildman–Crippen LogP) is 2.16. The fourth-order valence-electron chi connectivity index (χ4n) is 2.09. The zero-order valence-electron chi connectivity index (χ0n) is 11.1. The van der Waals surface area contributed by atoms with Gasteiger partial charge in [-0.25, -0.2) is 4.98 Å². The van der Waals surface area contributed by atoms with E-state index in [0.29, 0.717) is 11.5 Å². The van der Waals surface area contributed by atoms with Gasteiger partial charge in [-0.2, -0.15) is 10.1 Å². The number of H-pyrrole nitrogens is 1. The molecule has 1 N–H and O–H groups in total. The molecule has 0 aliphatic rings. The smallest absolute Gasteiger partial charge is 0.215 e. The van der Waals surface area contributed by atoms with Gasteiger partial charge < -0.3 is 9.72 Å². The number of rotatable bonds is 3. The number of pyridine rings is 1. The van der Waals surface area contributed by atoms with E-state index in [0.717, 1.165) is 29.3 Å². The summed E-state index contributed by atoms with van der Waals surface area (Å²) in [6.45, 7) is 4.83. The van der Waals surface area contributed by atoms with Crippen molar-refractivity contribution in [1.29, 1.82) is 0 Å². The monoisotopic (exact) mass is 257 g/mol. The molecule has 0 aliphatic carbocycles. The maximum atomic E-state index is 5.10. The number of imidazole rings is 1. The van der Waals surface area contributed by atoms with Crippen LogP contribution in [0.4, 0.5) is 0 Å². The highest BCUT2D eigenvalue weighted by molar-refractivity contribution is 5.75. The minimum atomic E-state index is 0.561. The predicted molar refractivity (Wildman–Crippen MR) is 72.1 cm³/mol. The maximum absolute atomic E-state index is 5.10. The highest BCUT2D eigenvalue weighted by Crippen LogP contribution is 2.22. The number of aromatic nitrogens is 5. The first-order valence-corrected chi connectivity index (χ1v) is 6.17. The molecule has 3 aromatic heterocycles. The third-order valence-electron chi connectivity index (χ3n) is 2.97. The quantitative estimate of drug-likeness (QED) is 0.780. The van der Waals surface area contributed by atoms with Crippen LogP contribution in [-0.4, -0.2) is 31.8 Å². The second-order valence-electron chi connectivity index (χ2n) is 4.30. The van der Waals surface area contributed by atoms with Gasteiger partial charge in [0.15, 0.2) is 11.5 Å². The second-order valence-corrected chi connectivity index (χ2v) is 4.30. The Morgan fingerprint density at radius 1 is 1.32 bits per heavy atom. The minimum absolute atomic E-state index is 0.561. The van der Waals surface area contributed by atoms with Crippen LogP contribution in [-0.2, 0) is 6.54 Å². The minimum Gasteiger partial charge on any atom is -0.481 e. The van der Waals surface area contributed by atoms with Crippen LogP contribution in [0.2, 0.25) is 0 Å². The van der Waals surface area contributed by atoms with Crippen molar-refractivity contribution in [2.75, 3.05) is 7.11 Å². The van der Waals surface area contributed by atoms with Crippen LogP contribution < -0.4 is 4.74 Å². The number of hydrogen-bond acceptors (Lipinski definition) is 4. The summed E-state index contributed by atoms with van der Waals surface area (Å²) in [5, 5.41) is 4.42. The number of nitrogens with one attached hydrogen (secondary N) is 1. The largest absolute Gasteiger partial charge is 0.481 e. The lowest BCUT2D eigenvalue weighted by Crippen LogP contribution is -1.99. The number of fused-ring (bicyclic) bond motifs is 1. The van der Waals surface area contributed by atoms with Crippen LogP contribution in [0.1, 0.15) is 12.6 Å². The lowest BCUT2D eigenvalue weighted by molar-refractivity contribution is 0.399. The summed E-state index contributed by atoms with van der Waals surface area (Å²) in [4.78, 5) is 12.1. The zero-order valence-corrected chi connectivity index (χ0v) is 11.1. The molecular weight excluding hydrogens is 242 g/mol. The Kier molecular flexibility index (Phi) is 2.70. The molecule has 3 rings (SSSR count). The van der Waals surface area contributed by atoms with E-state index < -0.39 is 0 Å². The van der Waals surface area contributed by atoms with E-state index in [4.69, 9.17) is 4.74 Å². The number of hydrogen-bond donors (Lipinski definition) is 1. The third kappa shape index (κ3) is 1.95. The van der Waals surface area contributed by atoms with Crippen LogP contribution in [0.3, 0.4) is 0 Å². The van der Waals surface area contributed by atoms with Crippen LogP contribution in [0.15, 0.2) is 18.2 Å². The van der Waals surface area contributed by atoms with Gasteiger partial charge >= 0.3 is 0 Å². The molecule has 6 heteroatoms. The maximum Gasteiger partial charge on any atom is 0.215 e. The molecule has 0 aromatic carbocycles. The molecule has 0 atom stereocenters. The van der Waals surface area contributed by atoms with Crippen molar-refractivity contribution in [2.24, 2.45) is 0 Å². The van der Waals surface area contributed by atoms with Crippen molar-refractivity contribution in [3.8, 4) is 17.4 Å².